The Morgan fingerprint density at radius 3 is 2.41 bits per heavy atom. The highest BCUT2D eigenvalue weighted by Crippen LogP contribution is 2.24. The summed E-state index contributed by atoms with van der Waals surface area (Å²) in [5, 5.41) is 2.87. The Labute approximate surface area is 189 Å². The van der Waals surface area contributed by atoms with Crippen LogP contribution in [0.3, 0.4) is 0 Å². The lowest BCUT2D eigenvalue weighted by Gasteiger charge is -2.23. The van der Waals surface area contributed by atoms with E-state index in [4.69, 9.17) is 4.74 Å². The summed E-state index contributed by atoms with van der Waals surface area (Å²) in [7, 11) is -3.50. The molecule has 0 aliphatic rings. The summed E-state index contributed by atoms with van der Waals surface area (Å²) < 4.78 is 31.8. The maximum Gasteiger partial charge on any atom is 0.255 e. The second-order valence-corrected chi connectivity index (χ2v) is 9.56. The van der Waals surface area contributed by atoms with Gasteiger partial charge >= 0.3 is 0 Å². The molecule has 1 amide bonds. The number of hydrogen-bond acceptors (Lipinski definition) is 4. The quantitative estimate of drug-likeness (QED) is 0.526. The normalized spacial score (nSPS) is 11.1. The Balaban J connectivity index is 1.82. The SMILES string of the molecule is CCOc1cccc(C(=O)Nc2cccc(CN(c3ccc(C)c(C)c3)S(C)(=O)=O)c2)c1. The molecule has 0 spiro atoms. The van der Waals surface area contributed by atoms with E-state index in [2.05, 4.69) is 5.32 Å². The minimum Gasteiger partial charge on any atom is -0.494 e. The van der Waals surface area contributed by atoms with Crippen molar-refractivity contribution in [2.45, 2.75) is 27.3 Å². The summed E-state index contributed by atoms with van der Waals surface area (Å²) in [6.07, 6.45) is 1.19. The molecule has 3 rings (SSSR count). The Morgan fingerprint density at radius 2 is 1.72 bits per heavy atom. The number of carbonyl (C=O) groups is 1. The fraction of sp³-hybridized carbons (Fsp3) is 0.240. The zero-order valence-electron chi connectivity index (χ0n) is 18.8. The van der Waals surface area contributed by atoms with Gasteiger partial charge in [0.1, 0.15) is 5.75 Å². The largest absolute Gasteiger partial charge is 0.494 e. The molecule has 0 radical (unpaired) electrons. The maximum absolute atomic E-state index is 12.7. The Kier molecular flexibility index (Phi) is 7.20. The molecular weight excluding hydrogens is 424 g/mol. The number of sulfonamides is 1. The van der Waals surface area contributed by atoms with Crippen LogP contribution in [0, 0.1) is 13.8 Å². The molecule has 0 unspecified atom stereocenters. The van der Waals surface area contributed by atoms with Crippen molar-refractivity contribution in [3.05, 3.63) is 89.0 Å². The van der Waals surface area contributed by atoms with E-state index >= 15 is 0 Å². The first-order valence-corrected chi connectivity index (χ1v) is 12.2. The van der Waals surface area contributed by atoms with Crippen LogP contribution in [0.5, 0.6) is 5.75 Å². The predicted molar refractivity (Wildman–Crippen MR) is 129 cm³/mol. The molecule has 0 heterocycles. The predicted octanol–water partition coefficient (Wildman–Crippen LogP) is 4.92. The Hall–Kier alpha value is -3.32. The molecule has 0 saturated carbocycles. The number of amides is 1. The van der Waals surface area contributed by atoms with Crippen molar-refractivity contribution in [2.24, 2.45) is 0 Å². The van der Waals surface area contributed by atoms with E-state index < -0.39 is 10.0 Å². The molecule has 0 bridgehead atoms. The van der Waals surface area contributed by atoms with E-state index in [9.17, 15) is 13.2 Å². The molecule has 1 N–H and O–H groups in total. The topological polar surface area (TPSA) is 75.7 Å². The van der Waals surface area contributed by atoms with Gasteiger partial charge in [-0.25, -0.2) is 8.42 Å². The average molecular weight is 453 g/mol. The van der Waals surface area contributed by atoms with Gasteiger partial charge in [-0.15, -0.1) is 0 Å². The molecule has 7 heteroatoms. The van der Waals surface area contributed by atoms with Crippen molar-refractivity contribution in [2.75, 3.05) is 22.5 Å². The molecule has 0 aliphatic heterocycles. The third-order valence-electron chi connectivity index (χ3n) is 5.10. The van der Waals surface area contributed by atoms with Gasteiger partial charge in [-0.2, -0.15) is 0 Å². The molecular formula is C25H28N2O4S. The van der Waals surface area contributed by atoms with Gasteiger partial charge in [-0.3, -0.25) is 9.10 Å². The van der Waals surface area contributed by atoms with Crippen LogP contribution in [0.2, 0.25) is 0 Å². The van der Waals surface area contributed by atoms with Gasteiger partial charge in [-0.1, -0.05) is 24.3 Å². The minimum atomic E-state index is -3.50. The molecule has 168 valence electrons. The third-order valence-corrected chi connectivity index (χ3v) is 6.24. The number of ether oxygens (including phenoxy) is 1. The molecule has 0 atom stereocenters. The third kappa shape index (κ3) is 5.88. The van der Waals surface area contributed by atoms with Gasteiger partial charge in [0.2, 0.25) is 10.0 Å². The lowest BCUT2D eigenvalue weighted by molar-refractivity contribution is 0.102. The fourth-order valence-corrected chi connectivity index (χ4v) is 4.17. The molecule has 0 aromatic heterocycles. The number of benzene rings is 3. The molecule has 6 nitrogen and oxygen atoms in total. The number of nitrogens with zero attached hydrogens (tertiary/aromatic N) is 1. The molecule has 32 heavy (non-hydrogen) atoms. The summed E-state index contributed by atoms with van der Waals surface area (Å²) in [6, 6.07) is 19.7. The van der Waals surface area contributed by atoms with E-state index in [0.717, 1.165) is 16.7 Å². The summed E-state index contributed by atoms with van der Waals surface area (Å²) >= 11 is 0. The highest BCUT2D eigenvalue weighted by Gasteiger charge is 2.19. The van der Waals surface area contributed by atoms with Crippen molar-refractivity contribution in [3.8, 4) is 5.75 Å². The average Bonchev–Trinajstić information content (AvgIpc) is 2.74. The summed E-state index contributed by atoms with van der Waals surface area (Å²) in [6.45, 7) is 6.50. The van der Waals surface area contributed by atoms with E-state index in [-0.39, 0.29) is 12.5 Å². The van der Waals surface area contributed by atoms with E-state index in [1.807, 2.05) is 39.0 Å². The van der Waals surface area contributed by atoms with Crippen LogP contribution < -0.4 is 14.4 Å². The van der Waals surface area contributed by atoms with Crippen LogP contribution in [-0.2, 0) is 16.6 Å². The van der Waals surface area contributed by atoms with Crippen LogP contribution in [0.4, 0.5) is 11.4 Å². The zero-order chi connectivity index (χ0) is 23.3. The van der Waals surface area contributed by atoms with Crippen molar-refractivity contribution < 1.29 is 17.9 Å². The number of anilines is 2. The van der Waals surface area contributed by atoms with Gasteiger partial charge in [-0.05, 0) is 79.9 Å². The number of carbonyl (C=O) groups excluding carboxylic acids is 1. The highest BCUT2D eigenvalue weighted by atomic mass is 32.2. The molecule has 0 saturated heterocycles. The molecule has 0 aliphatic carbocycles. The minimum absolute atomic E-state index is 0.158. The van der Waals surface area contributed by atoms with Crippen LogP contribution >= 0.6 is 0 Å². The molecule has 3 aromatic carbocycles. The van der Waals surface area contributed by atoms with Gasteiger partial charge < -0.3 is 10.1 Å². The molecule has 0 fully saturated rings. The first-order chi connectivity index (χ1) is 15.2. The standard InChI is InChI=1S/C25H28N2O4S/c1-5-31-24-11-7-9-21(16-24)25(28)26-22-10-6-8-20(15-22)17-27(32(4,29)30)23-13-12-18(2)19(3)14-23/h6-16H,5,17H2,1-4H3,(H,26,28). The van der Waals surface area contributed by atoms with E-state index in [1.165, 1.54) is 10.6 Å². The van der Waals surface area contributed by atoms with Gasteiger partial charge in [0.15, 0.2) is 0 Å². The van der Waals surface area contributed by atoms with Crippen LogP contribution in [0.15, 0.2) is 66.7 Å². The van der Waals surface area contributed by atoms with Gasteiger partial charge in [0.25, 0.3) is 5.91 Å². The Morgan fingerprint density at radius 1 is 0.969 bits per heavy atom. The van der Waals surface area contributed by atoms with Gasteiger partial charge in [0, 0.05) is 11.3 Å². The second kappa shape index (κ2) is 9.87. The number of nitrogens with one attached hydrogen (secondary N) is 1. The van der Waals surface area contributed by atoms with Crippen molar-refractivity contribution in [1.82, 2.24) is 0 Å². The highest BCUT2D eigenvalue weighted by molar-refractivity contribution is 7.92. The first-order valence-electron chi connectivity index (χ1n) is 10.4. The van der Waals surface area contributed by atoms with Crippen molar-refractivity contribution in [1.29, 1.82) is 0 Å². The number of rotatable bonds is 8. The van der Waals surface area contributed by atoms with Gasteiger partial charge in [0.05, 0.1) is 25.1 Å². The first kappa shape index (κ1) is 23.3. The summed E-state index contributed by atoms with van der Waals surface area (Å²) in [4.78, 5) is 12.7. The van der Waals surface area contributed by atoms with E-state index in [0.29, 0.717) is 29.3 Å². The van der Waals surface area contributed by atoms with Crippen LogP contribution in [0.1, 0.15) is 34.0 Å². The van der Waals surface area contributed by atoms with Crippen molar-refractivity contribution >= 4 is 27.3 Å². The fourth-order valence-electron chi connectivity index (χ4n) is 3.29. The van der Waals surface area contributed by atoms with E-state index in [1.54, 1.807) is 48.5 Å². The maximum atomic E-state index is 12.7. The monoisotopic (exact) mass is 452 g/mol. The van der Waals surface area contributed by atoms with Crippen molar-refractivity contribution in [3.63, 3.8) is 0 Å². The number of aryl methyl sites for hydroxylation is 2. The zero-order valence-corrected chi connectivity index (χ0v) is 19.6. The van der Waals surface area contributed by atoms with Crippen LogP contribution in [-0.4, -0.2) is 27.2 Å². The van der Waals surface area contributed by atoms with Crippen LogP contribution in [0.25, 0.3) is 0 Å². The number of hydrogen-bond donors (Lipinski definition) is 1. The summed E-state index contributed by atoms with van der Waals surface area (Å²) in [5.41, 5.74) is 4.55. The smallest absolute Gasteiger partial charge is 0.255 e. The molecule has 3 aromatic rings. The lowest BCUT2D eigenvalue weighted by Crippen LogP contribution is -2.29. The summed E-state index contributed by atoms with van der Waals surface area (Å²) in [5.74, 6) is 0.365. The Bertz CT molecular complexity index is 1220. The lowest BCUT2D eigenvalue weighted by atomic mass is 10.1. The second-order valence-electron chi connectivity index (χ2n) is 7.65.